The normalized spacial score (nSPS) is 26.1. The van der Waals surface area contributed by atoms with Crippen LogP contribution < -0.4 is 15.0 Å². The Morgan fingerprint density at radius 1 is 1.35 bits per heavy atom. The summed E-state index contributed by atoms with van der Waals surface area (Å²) in [7, 11) is 1.60. The van der Waals surface area contributed by atoms with Gasteiger partial charge < -0.3 is 19.7 Å². The molecule has 2 atom stereocenters. The van der Waals surface area contributed by atoms with Gasteiger partial charge in [0.15, 0.2) is 6.54 Å². The quantitative estimate of drug-likeness (QED) is 0.835. The number of ether oxygens (including phenoxy) is 2. The molecule has 1 aromatic carbocycles. The van der Waals surface area contributed by atoms with Crippen LogP contribution in [0.2, 0.25) is 0 Å². The van der Waals surface area contributed by atoms with Crippen molar-refractivity contribution in [2.24, 2.45) is 0 Å². The Morgan fingerprint density at radius 2 is 2.00 bits per heavy atom. The van der Waals surface area contributed by atoms with Gasteiger partial charge in [-0.2, -0.15) is 0 Å². The molecule has 2 N–H and O–H groups in total. The number of amides is 1. The molecule has 1 saturated heterocycles. The monoisotopic (exact) mass is 279 g/mol. The van der Waals surface area contributed by atoms with Gasteiger partial charge in [-0.3, -0.25) is 4.79 Å². The zero-order valence-corrected chi connectivity index (χ0v) is 12.3. The highest BCUT2D eigenvalue weighted by atomic mass is 16.5. The van der Waals surface area contributed by atoms with Gasteiger partial charge in [0.2, 0.25) is 0 Å². The molecule has 0 saturated carbocycles. The molecule has 1 heterocycles. The van der Waals surface area contributed by atoms with Crippen molar-refractivity contribution in [1.29, 1.82) is 0 Å². The van der Waals surface area contributed by atoms with Gasteiger partial charge in [0.1, 0.15) is 31.0 Å². The van der Waals surface area contributed by atoms with E-state index in [1.807, 2.05) is 38.1 Å². The highest BCUT2D eigenvalue weighted by Gasteiger charge is 2.27. The summed E-state index contributed by atoms with van der Waals surface area (Å²) in [5.41, 5.74) is 0.716. The van der Waals surface area contributed by atoms with E-state index in [2.05, 4.69) is 5.32 Å². The topological polar surface area (TPSA) is 52.0 Å². The molecule has 0 spiro atoms. The van der Waals surface area contributed by atoms with Crippen molar-refractivity contribution in [1.82, 2.24) is 0 Å². The van der Waals surface area contributed by atoms with E-state index in [-0.39, 0.29) is 18.1 Å². The lowest BCUT2D eigenvalue weighted by Gasteiger charge is -2.31. The second-order valence-electron chi connectivity index (χ2n) is 5.34. The van der Waals surface area contributed by atoms with Crippen LogP contribution in [0.4, 0.5) is 5.69 Å². The van der Waals surface area contributed by atoms with Crippen LogP contribution in [0, 0.1) is 0 Å². The number of methoxy groups -OCH3 is 1. The molecule has 0 bridgehead atoms. The van der Waals surface area contributed by atoms with Crippen molar-refractivity contribution >= 4 is 11.6 Å². The van der Waals surface area contributed by atoms with Crippen molar-refractivity contribution in [2.45, 2.75) is 26.1 Å². The number of quaternary nitrogens is 1. The van der Waals surface area contributed by atoms with Gasteiger partial charge in [-0.1, -0.05) is 12.1 Å². The molecule has 1 aliphatic rings. The van der Waals surface area contributed by atoms with Crippen molar-refractivity contribution < 1.29 is 19.2 Å². The molecule has 0 aromatic heterocycles. The Balaban J connectivity index is 1.92. The third kappa shape index (κ3) is 3.95. The van der Waals surface area contributed by atoms with Crippen LogP contribution in [0.25, 0.3) is 0 Å². The summed E-state index contributed by atoms with van der Waals surface area (Å²) in [5, 5.41) is 2.91. The smallest absolute Gasteiger partial charge is 0.279 e. The lowest BCUT2D eigenvalue weighted by molar-refractivity contribution is -0.907. The number of benzene rings is 1. The molecule has 5 nitrogen and oxygen atoms in total. The maximum absolute atomic E-state index is 12.1. The van der Waals surface area contributed by atoms with E-state index in [0.717, 1.165) is 13.1 Å². The minimum atomic E-state index is 0.00537. The third-order valence-electron chi connectivity index (χ3n) is 3.41. The fraction of sp³-hybridized carbons (Fsp3) is 0.533. The van der Waals surface area contributed by atoms with E-state index in [9.17, 15) is 4.79 Å². The molecule has 0 radical (unpaired) electrons. The standard InChI is InChI=1S/C15H22N2O3/c1-11-8-17(9-12(2)20-11)10-15(18)16-13-6-4-5-7-14(13)19-3/h4-7,11-12H,8-10H2,1-3H3,(H,16,18)/p+1/t11-,12-/m1/s1. The van der Waals surface area contributed by atoms with Crippen LogP contribution >= 0.6 is 0 Å². The molecule has 1 aliphatic heterocycles. The van der Waals surface area contributed by atoms with Crippen molar-refractivity contribution in [2.75, 3.05) is 32.1 Å². The SMILES string of the molecule is COc1ccccc1NC(=O)C[NH+]1C[C@@H](C)O[C@H](C)C1. The highest BCUT2D eigenvalue weighted by molar-refractivity contribution is 5.92. The number of para-hydroxylation sites is 2. The molecular formula is C15H23N2O3+. The van der Waals surface area contributed by atoms with E-state index in [1.54, 1.807) is 7.11 Å². The highest BCUT2D eigenvalue weighted by Crippen LogP contribution is 2.22. The van der Waals surface area contributed by atoms with Crippen LogP contribution in [0.5, 0.6) is 5.75 Å². The number of carbonyl (C=O) groups is 1. The fourth-order valence-corrected chi connectivity index (χ4v) is 2.70. The molecule has 1 aromatic rings. The van der Waals surface area contributed by atoms with Gasteiger partial charge in [-0.15, -0.1) is 0 Å². The van der Waals surface area contributed by atoms with E-state index in [1.165, 1.54) is 4.90 Å². The fourth-order valence-electron chi connectivity index (χ4n) is 2.70. The summed E-state index contributed by atoms with van der Waals surface area (Å²) in [4.78, 5) is 13.4. The average molecular weight is 279 g/mol. The van der Waals surface area contributed by atoms with Gasteiger partial charge in [0, 0.05) is 0 Å². The van der Waals surface area contributed by atoms with E-state index >= 15 is 0 Å². The first-order valence-electron chi connectivity index (χ1n) is 7.00. The predicted octanol–water partition coefficient (Wildman–Crippen LogP) is 0.326. The molecule has 20 heavy (non-hydrogen) atoms. The predicted molar refractivity (Wildman–Crippen MR) is 77.2 cm³/mol. The zero-order valence-electron chi connectivity index (χ0n) is 12.3. The summed E-state index contributed by atoms with van der Waals surface area (Å²) >= 11 is 0. The molecule has 0 aliphatic carbocycles. The maximum Gasteiger partial charge on any atom is 0.279 e. The first kappa shape index (κ1) is 14.8. The Bertz CT molecular complexity index is 454. The molecule has 0 unspecified atom stereocenters. The molecule has 5 heteroatoms. The van der Waals surface area contributed by atoms with Crippen LogP contribution in [-0.2, 0) is 9.53 Å². The number of carbonyl (C=O) groups excluding carboxylic acids is 1. The molecule has 1 fully saturated rings. The van der Waals surface area contributed by atoms with Crippen LogP contribution in [-0.4, -0.2) is 44.9 Å². The summed E-state index contributed by atoms with van der Waals surface area (Å²) in [6.45, 7) is 6.28. The summed E-state index contributed by atoms with van der Waals surface area (Å²) in [6.07, 6.45) is 0.403. The molecule has 110 valence electrons. The number of rotatable bonds is 4. The Labute approximate surface area is 119 Å². The Hall–Kier alpha value is -1.59. The lowest BCUT2D eigenvalue weighted by atomic mass is 10.2. The van der Waals surface area contributed by atoms with Crippen LogP contribution in [0.1, 0.15) is 13.8 Å². The second kappa shape index (κ2) is 6.72. The summed E-state index contributed by atoms with van der Waals surface area (Å²) < 4.78 is 10.9. The van der Waals surface area contributed by atoms with Crippen molar-refractivity contribution in [3.05, 3.63) is 24.3 Å². The van der Waals surface area contributed by atoms with Gasteiger partial charge in [0.25, 0.3) is 5.91 Å². The molecule has 1 amide bonds. The minimum Gasteiger partial charge on any atom is -0.495 e. The number of morpholine rings is 1. The Kier molecular flexibility index (Phi) is 4.98. The van der Waals surface area contributed by atoms with E-state index in [4.69, 9.17) is 9.47 Å². The zero-order chi connectivity index (χ0) is 14.5. The average Bonchev–Trinajstić information content (AvgIpc) is 2.37. The largest absolute Gasteiger partial charge is 0.495 e. The number of hydrogen-bond donors (Lipinski definition) is 2. The van der Waals surface area contributed by atoms with Gasteiger partial charge >= 0.3 is 0 Å². The van der Waals surface area contributed by atoms with Gasteiger partial charge in [-0.25, -0.2) is 0 Å². The number of nitrogens with one attached hydrogen (secondary N) is 2. The summed E-state index contributed by atoms with van der Waals surface area (Å²) in [5.74, 6) is 0.686. The van der Waals surface area contributed by atoms with Crippen LogP contribution in [0.3, 0.4) is 0 Å². The van der Waals surface area contributed by atoms with E-state index in [0.29, 0.717) is 18.0 Å². The Morgan fingerprint density at radius 3 is 2.65 bits per heavy atom. The first-order valence-corrected chi connectivity index (χ1v) is 7.00. The molecular weight excluding hydrogens is 256 g/mol. The third-order valence-corrected chi connectivity index (χ3v) is 3.41. The van der Waals surface area contributed by atoms with Crippen molar-refractivity contribution in [3.8, 4) is 5.75 Å². The van der Waals surface area contributed by atoms with E-state index < -0.39 is 0 Å². The van der Waals surface area contributed by atoms with Gasteiger partial charge in [-0.05, 0) is 26.0 Å². The number of hydrogen-bond acceptors (Lipinski definition) is 3. The number of anilines is 1. The van der Waals surface area contributed by atoms with Crippen LogP contribution in [0.15, 0.2) is 24.3 Å². The minimum absolute atomic E-state index is 0.00537. The second-order valence-corrected chi connectivity index (χ2v) is 5.34. The summed E-state index contributed by atoms with van der Waals surface area (Å²) in [6, 6.07) is 7.44. The first-order chi connectivity index (χ1) is 9.58. The van der Waals surface area contributed by atoms with Crippen molar-refractivity contribution in [3.63, 3.8) is 0 Å². The van der Waals surface area contributed by atoms with Gasteiger partial charge in [0.05, 0.1) is 12.8 Å². The maximum atomic E-state index is 12.1. The lowest BCUT2D eigenvalue weighted by Crippen LogP contribution is -3.16. The molecule has 2 rings (SSSR count).